The van der Waals surface area contributed by atoms with Crippen LogP contribution in [0.3, 0.4) is 0 Å². The molecule has 0 aliphatic heterocycles. The van der Waals surface area contributed by atoms with Gasteiger partial charge in [-0.05, 0) is 59.7 Å². The summed E-state index contributed by atoms with van der Waals surface area (Å²) >= 11 is 0. The van der Waals surface area contributed by atoms with Gasteiger partial charge in [-0.15, -0.1) is 0 Å². The number of rotatable bonds is 10. The first kappa shape index (κ1) is 24.8. The van der Waals surface area contributed by atoms with Crippen molar-refractivity contribution in [3.8, 4) is 0 Å². The van der Waals surface area contributed by atoms with Gasteiger partial charge in [-0.1, -0.05) is 87.5 Å². The Hall–Kier alpha value is -2.82. The topological polar surface area (TPSA) is 58.2 Å². The lowest BCUT2D eigenvalue weighted by molar-refractivity contribution is -0.121. The standard InChI is InChI=1S/C29H36N2O2/c1-20(32)26(18-23-11-8-10-22-9-6-7-12-25(22)23)31-19-28(33)27(30-5)17-21-13-15-24(16-14-21)29(2,3)4/h6-16,26-27,30-31H,17-19H2,1-5H3/t26-,27-/m0/s1. The molecule has 0 aliphatic carbocycles. The summed E-state index contributed by atoms with van der Waals surface area (Å²) < 4.78 is 0. The van der Waals surface area contributed by atoms with Crippen LogP contribution in [0.5, 0.6) is 0 Å². The number of carbonyl (C=O) groups excluding carboxylic acids is 2. The number of ketones is 2. The largest absolute Gasteiger partial charge is 0.310 e. The fraction of sp³-hybridized carbons (Fsp3) is 0.379. The van der Waals surface area contributed by atoms with Crippen LogP contribution in [0, 0.1) is 0 Å². The van der Waals surface area contributed by atoms with Gasteiger partial charge in [-0.3, -0.25) is 9.59 Å². The zero-order valence-electron chi connectivity index (χ0n) is 20.4. The van der Waals surface area contributed by atoms with Gasteiger partial charge in [0, 0.05) is 0 Å². The van der Waals surface area contributed by atoms with Gasteiger partial charge < -0.3 is 10.6 Å². The van der Waals surface area contributed by atoms with Crippen LogP contribution in [0.4, 0.5) is 0 Å². The van der Waals surface area contributed by atoms with Gasteiger partial charge in [0.05, 0.1) is 18.6 Å². The summed E-state index contributed by atoms with van der Waals surface area (Å²) in [7, 11) is 1.81. The minimum absolute atomic E-state index is 0.0366. The third kappa shape index (κ3) is 6.59. The van der Waals surface area contributed by atoms with E-state index in [4.69, 9.17) is 0 Å². The van der Waals surface area contributed by atoms with Crippen LogP contribution in [-0.2, 0) is 27.8 Å². The molecule has 3 aromatic rings. The molecule has 0 radical (unpaired) electrons. The van der Waals surface area contributed by atoms with Crippen LogP contribution < -0.4 is 10.6 Å². The van der Waals surface area contributed by atoms with E-state index in [0.717, 1.165) is 21.9 Å². The first-order chi connectivity index (χ1) is 15.7. The number of Topliss-reactive ketones (excluding diaryl/α,β-unsaturated/α-hetero) is 2. The molecule has 0 heterocycles. The normalized spacial score (nSPS) is 13.6. The molecule has 33 heavy (non-hydrogen) atoms. The van der Waals surface area contributed by atoms with E-state index in [-0.39, 0.29) is 29.6 Å². The molecule has 174 valence electrons. The van der Waals surface area contributed by atoms with Crippen molar-refractivity contribution in [2.45, 2.75) is 58.0 Å². The van der Waals surface area contributed by atoms with Crippen LogP contribution >= 0.6 is 0 Å². The number of likely N-dealkylation sites (N-methyl/N-ethyl adjacent to an activating group) is 1. The predicted molar refractivity (Wildman–Crippen MR) is 137 cm³/mol. The second-order valence-corrected chi connectivity index (χ2v) is 9.85. The molecule has 0 bridgehead atoms. The zero-order valence-corrected chi connectivity index (χ0v) is 20.4. The highest BCUT2D eigenvalue weighted by atomic mass is 16.1. The second-order valence-electron chi connectivity index (χ2n) is 9.85. The van der Waals surface area contributed by atoms with Crippen LogP contribution in [0.1, 0.15) is 44.4 Å². The average Bonchev–Trinajstić information content (AvgIpc) is 2.79. The van der Waals surface area contributed by atoms with Crippen molar-refractivity contribution in [1.82, 2.24) is 10.6 Å². The van der Waals surface area contributed by atoms with Gasteiger partial charge >= 0.3 is 0 Å². The molecule has 0 spiro atoms. The maximum Gasteiger partial charge on any atom is 0.163 e. The SMILES string of the molecule is CN[C@@H](Cc1ccc(C(C)(C)C)cc1)C(=O)CN[C@@H](Cc1cccc2ccccc12)C(C)=O. The monoisotopic (exact) mass is 444 g/mol. The van der Waals surface area contributed by atoms with Crippen molar-refractivity contribution < 1.29 is 9.59 Å². The lowest BCUT2D eigenvalue weighted by Crippen LogP contribution is -2.46. The Balaban J connectivity index is 1.64. The number of hydrogen-bond acceptors (Lipinski definition) is 4. The molecular weight excluding hydrogens is 408 g/mol. The van der Waals surface area contributed by atoms with Crippen LogP contribution in [0.15, 0.2) is 66.7 Å². The van der Waals surface area contributed by atoms with Crippen molar-refractivity contribution in [3.05, 3.63) is 83.4 Å². The van der Waals surface area contributed by atoms with E-state index in [1.807, 2.05) is 25.2 Å². The summed E-state index contributed by atoms with van der Waals surface area (Å²) in [5.41, 5.74) is 3.61. The van der Waals surface area contributed by atoms with E-state index in [1.165, 1.54) is 5.56 Å². The number of hydrogen-bond donors (Lipinski definition) is 2. The summed E-state index contributed by atoms with van der Waals surface area (Å²) in [6, 6.07) is 22.1. The molecule has 0 unspecified atom stereocenters. The van der Waals surface area contributed by atoms with Gasteiger partial charge in [0.2, 0.25) is 0 Å². The number of carbonyl (C=O) groups is 2. The fourth-order valence-electron chi connectivity index (χ4n) is 4.15. The molecule has 0 aliphatic rings. The maximum atomic E-state index is 13.0. The Kier molecular flexibility index (Phi) is 8.17. The maximum absolute atomic E-state index is 13.0. The third-order valence-corrected chi connectivity index (χ3v) is 6.31. The Bertz CT molecular complexity index is 1090. The fourth-order valence-corrected chi connectivity index (χ4v) is 4.15. The summed E-state index contributed by atoms with van der Waals surface area (Å²) in [4.78, 5) is 25.3. The molecule has 0 saturated carbocycles. The molecule has 3 aromatic carbocycles. The highest BCUT2D eigenvalue weighted by molar-refractivity contribution is 5.89. The van der Waals surface area contributed by atoms with Crippen LogP contribution in [0.25, 0.3) is 10.8 Å². The minimum atomic E-state index is -0.400. The zero-order chi connectivity index (χ0) is 24.0. The molecule has 2 N–H and O–H groups in total. The molecule has 4 nitrogen and oxygen atoms in total. The van der Waals surface area contributed by atoms with Gasteiger partial charge in [0.25, 0.3) is 0 Å². The highest BCUT2D eigenvalue weighted by Crippen LogP contribution is 2.23. The predicted octanol–water partition coefficient (Wildman–Crippen LogP) is 4.63. The minimum Gasteiger partial charge on any atom is -0.310 e. The summed E-state index contributed by atoms with van der Waals surface area (Å²) in [5.74, 6) is 0.0936. The van der Waals surface area contributed by atoms with Crippen LogP contribution in [0.2, 0.25) is 0 Å². The molecule has 0 amide bonds. The second kappa shape index (κ2) is 10.9. The average molecular weight is 445 g/mol. The molecular formula is C29H36N2O2. The lowest BCUT2D eigenvalue weighted by Gasteiger charge is -2.21. The third-order valence-electron chi connectivity index (χ3n) is 6.31. The lowest BCUT2D eigenvalue weighted by atomic mass is 9.86. The van der Waals surface area contributed by atoms with E-state index in [1.54, 1.807) is 6.92 Å². The van der Waals surface area contributed by atoms with Gasteiger partial charge in [0.15, 0.2) is 5.78 Å². The van der Waals surface area contributed by atoms with Crippen molar-refractivity contribution in [2.24, 2.45) is 0 Å². The molecule has 4 heteroatoms. The van der Waals surface area contributed by atoms with E-state index < -0.39 is 6.04 Å². The van der Waals surface area contributed by atoms with Crippen molar-refractivity contribution >= 4 is 22.3 Å². The van der Waals surface area contributed by atoms with Crippen molar-refractivity contribution in [2.75, 3.05) is 13.6 Å². The van der Waals surface area contributed by atoms with Gasteiger partial charge in [0.1, 0.15) is 5.78 Å². The Morgan fingerprint density at radius 3 is 2.15 bits per heavy atom. The van der Waals surface area contributed by atoms with Gasteiger partial charge in [-0.2, -0.15) is 0 Å². The number of benzene rings is 3. The Labute approximate surface area is 197 Å². The van der Waals surface area contributed by atoms with E-state index in [0.29, 0.717) is 12.8 Å². The molecule has 0 fully saturated rings. The summed E-state index contributed by atoms with van der Waals surface area (Å²) in [6.45, 7) is 8.31. The first-order valence-electron chi connectivity index (χ1n) is 11.7. The Morgan fingerprint density at radius 2 is 1.52 bits per heavy atom. The van der Waals surface area contributed by atoms with E-state index >= 15 is 0 Å². The quantitative estimate of drug-likeness (QED) is 0.479. The number of nitrogens with one attached hydrogen (secondary N) is 2. The number of fused-ring (bicyclic) bond motifs is 1. The summed E-state index contributed by atoms with van der Waals surface area (Å²) in [5, 5.41) is 8.67. The van der Waals surface area contributed by atoms with Crippen LogP contribution in [-0.4, -0.2) is 37.2 Å². The van der Waals surface area contributed by atoms with Crippen molar-refractivity contribution in [3.63, 3.8) is 0 Å². The summed E-state index contributed by atoms with van der Waals surface area (Å²) in [6.07, 6.45) is 1.18. The van der Waals surface area contributed by atoms with Gasteiger partial charge in [-0.25, -0.2) is 0 Å². The molecule has 2 atom stereocenters. The Morgan fingerprint density at radius 1 is 0.848 bits per heavy atom. The van der Waals surface area contributed by atoms with E-state index in [2.05, 4.69) is 79.9 Å². The smallest absolute Gasteiger partial charge is 0.163 e. The first-order valence-corrected chi connectivity index (χ1v) is 11.7. The molecule has 0 saturated heterocycles. The van der Waals surface area contributed by atoms with E-state index in [9.17, 15) is 9.59 Å². The van der Waals surface area contributed by atoms with Crippen molar-refractivity contribution in [1.29, 1.82) is 0 Å². The highest BCUT2D eigenvalue weighted by Gasteiger charge is 2.21. The molecule has 3 rings (SSSR count). The molecule has 0 aromatic heterocycles.